The van der Waals surface area contributed by atoms with E-state index in [1.807, 2.05) is 25.1 Å². The molecule has 34 heavy (non-hydrogen) atoms. The van der Waals surface area contributed by atoms with E-state index < -0.39 is 21.9 Å². The molecule has 9 heteroatoms. The predicted octanol–water partition coefficient (Wildman–Crippen LogP) is 3.92. The van der Waals surface area contributed by atoms with Gasteiger partial charge in [0.25, 0.3) is 0 Å². The predicted molar refractivity (Wildman–Crippen MR) is 132 cm³/mol. The van der Waals surface area contributed by atoms with E-state index in [4.69, 9.17) is 9.47 Å². The fraction of sp³-hybridized carbons (Fsp3) is 0.720. The van der Waals surface area contributed by atoms with Crippen molar-refractivity contribution in [3.63, 3.8) is 0 Å². The van der Waals surface area contributed by atoms with E-state index in [1.165, 1.54) is 0 Å². The van der Waals surface area contributed by atoms with Gasteiger partial charge >= 0.3 is 5.97 Å². The standard InChI is InChI=1S/C25H40N2O6S/c1-4-7-8-15-34(30,31)27(12-6-3)14-13-26-17-20(24(25(28)29)21(26)9-5-2)19-10-11-22-23(16-19)33-18-32-22/h10-11,16,20-21,24H,4-9,12-15,17-18H2,1-3H3,(H,28,29)/t20-,21+,24-/m1/s1. The van der Waals surface area contributed by atoms with Gasteiger partial charge in [-0.1, -0.05) is 46.1 Å². The van der Waals surface area contributed by atoms with Crippen LogP contribution < -0.4 is 9.47 Å². The van der Waals surface area contributed by atoms with Gasteiger partial charge in [0.2, 0.25) is 16.8 Å². The van der Waals surface area contributed by atoms with Crippen LogP contribution in [0.4, 0.5) is 0 Å². The number of sulfonamides is 1. The fourth-order valence-electron chi connectivity index (χ4n) is 5.25. The maximum atomic E-state index is 13.0. The van der Waals surface area contributed by atoms with Crippen molar-refractivity contribution in [2.75, 3.05) is 38.7 Å². The van der Waals surface area contributed by atoms with E-state index >= 15 is 0 Å². The first-order valence-electron chi connectivity index (χ1n) is 12.7. The molecule has 1 saturated heterocycles. The zero-order valence-electron chi connectivity index (χ0n) is 20.7. The number of rotatable bonds is 14. The number of unbranched alkanes of at least 4 members (excludes halogenated alkanes) is 2. The van der Waals surface area contributed by atoms with Crippen molar-refractivity contribution in [3.05, 3.63) is 23.8 Å². The molecule has 2 aliphatic rings. The SMILES string of the molecule is CCCCCS(=O)(=O)N(CCC)CCN1C[C@H](c2ccc3c(c2)OCO3)[C@@H](C(=O)O)[C@@H]1CCC. The van der Waals surface area contributed by atoms with Gasteiger partial charge in [0.05, 0.1) is 11.7 Å². The smallest absolute Gasteiger partial charge is 0.308 e. The summed E-state index contributed by atoms with van der Waals surface area (Å²) in [5.41, 5.74) is 0.929. The summed E-state index contributed by atoms with van der Waals surface area (Å²) in [6, 6.07) is 5.54. The summed E-state index contributed by atoms with van der Waals surface area (Å²) in [5, 5.41) is 10.2. The normalized spacial score (nSPS) is 22.5. The summed E-state index contributed by atoms with van der Waals surface area (Å²) < 4.78 is 38.5. The first-order chi connectivity index (χ1) is 16.3. The van der Waals surface area contributed by atoms with Crippen LogP contribution in [0, 0.1) is 5.92 Å². The molecular weight excluding hydrogens is 456 g/mol. The molecule has 0 saturated carbocycles. The highest BCUT2D eigenvalue weighted by molar-refractivity contribution is 7.89. The number of hydrogen-bond donors (Lipinski definition) is 1. The zero-order chi connectivity index (χ0) is 24.7. The van der Waals surface area contributed by atoms with Crippen molar-refractivity contribution in [1.82, 2.24) is 9.21 Å². The summed E-state index contributed by atoms with van der Waals surface area (Å²) in [7, 11) is -3.32. The molecule has 0 amide bonds. The van der Waals surface area contributed by atoms with Crippen molar-refractivity contribution in [3.8, 4) is 11.5 Å². The van der Waals surface area contributed by atoms with Crippen LogP contribution in [-0.2, 0) is 14.8 Å². The van der Waals surface area contributed by atoms with E-state index in [0.717, 1.165) is 37.7 Å². The van der Waals surface area contributed by atoms with Gasteiger partial charge in [-0.25, -0.2) is 12.7 Å². The number of nitrogens with zero attached hydrogens (tertiary/aromatic N) is 2. The van der Waals surface area contributed by atoms with Crippen LogP contribution >= 0.6 is 0 Å². The molecule has 0 radical (unpaired) electrons. The monoisotopic (exact) mass is 496 g/mol. The van der Waals surface area contributed by atoms with Gasteiger partial charge in [0.1, 0.15) is 0 Å². The third-order valence-electron chi connectivity index (χ3n) is 6.95. The maximum absolute atomic E-state index is 13.0. The van der Waals surface area contributed by atoms with Crippen LogP contribution in [0.25, 0.3) is 0 Å². The molecule has 1 aromatic rings. The number of benzene rings is 1. The van der Waals surface area contributed by atoms with E-state index in [9.17, 15) is 18.3 Å². The third-order valence-corrected chi connectivity index (χ3v) is 8.91. The van der Waals surface area contributed by atoms with Crippen molar-refractivity contribution < 1.29 is 27.8 Å². The second-order valence-electron chi connectivity index (χ2n) is 9.36. The quantitative estimate of drug-likeness (QED) is 0.390. The largest absolute Gasteiger partial charge is 0.481 e. The molecule has 0 bridgehead atoms. The van der Waals surface area contributed by atoms with Gasteiger partial charge in [-0.15, -0.1) is 0 Å². The zero-order valence-corrected chi connectivity index (χ0v) is 21.6. The number of carboxylic acids is 1. The highest BCUT2D eigenvalue weighted by atomic mass is 32.2. The Labute approximate surface area is 204 Å². The summed E-state index contributed by atoms with van der Waals surface area (Å²) in [5.74, 6) is -0.0401. The molecule has 3 atom stereocenters. The molecule has 1 N–H and O–H groups in total. The Kier molecular flexibility index (Phi) is 9.62. The first kappa shape index (κ1) is 26.8. The Morgan fingerprint density at radius 1 is 1.09 bits per heavy atom. The molecule has 0 aromatic heterocycles. The Hall–Kier alpha value is -1.84. The molecule has 8 nitrogen and oxygen atoms in total. The Morgan fingerprint density at radius 3 is 2.53 bits per heavy atom. The van der Waals surface area contributed by atoms with E-state index in [0.29, 0.717) is 44.1 Å². The molecule has 1 fully saturated rings. The fourth-order valence-corrected chi connectivity index (χ4v) is 6.90. The molecule has 0 aliphatic carbocycles. The molecule has 192 valence electrons. The number of carbonyl (C=O) groups is 1. The van der Waals surface area contributed by atoms with Crippen molar-refractivity contribution in [2.24, 2.45) is 5.92 Å². The lowest BCUT2D eigenvalue weighted by Gasteiger charge is -2.29. The number of carboxylic acid groups (broad SMARTS) is 1. The lowest BCUT2D eigenvalue weighted by molar-refractivity contribution is -0.143. The second kappa shape index (κ2) is 12.2. The van der Waals surface area contributed by atoms with Gasteiger partial charge in [-0.2, -0.15) is 0 Å². The van der Waals surface area contributed by atoms with Crippen molar-refractivity contribution in [2.45, 2.75) is 71.3 Å². The molecule has 2 aliphatic heterocycles. The molecule has 2 heterocycles. The van der Waals surface area contributed by atoms with Crippen LogP contribution in [0.2, 0.25) is 0 Å². The number of aliphatic carboxylic acids is 1. The number of ether oxygens (including phenoxy) is 2. The van der Waals surface area contributed by atoms with Crippen LogP contribution in [0.1, 0.15) is 70.8 Å². The minimum atomic E-state index is -3.32. The van der Waals surface area contributed by atoms with Crippen LogP contribution in [0.5, 0.6) is 11.5 Å². The highest BCUT2D eigenvalue weighted by Gasteiger charge is 2.46. The van der Waals surface area contributed by atoms with E-state index in [2.05, 4.69) is 18.7 Å². The summed E-state index contributed by atoms with van der Waals surface area (Å²) in [6.07, 6.45) is 4.94. The molecule has 3 rings (SSSR count). The topological polar surface area (TPSA) is 96.4 Å². The molecule has 1 aromatic carbocycles. The van der Waals surface area contributed by atoms with Gasteiger partial charge in [0, 0.05) is 38.1 Å². The highest BCUT2D eigenvalue weighted by Crippen LogP contribution is 2.42. The third kappa shape index (κ3) is 6.23. The minimum Gasteiger partial charge on any atom is -0.481 e. The van der Waals surface area contributed by atoms with Gasteiger partial charge in [-0.05, 0) is 37.0 Å². The lowest BCUT2D eigenvalue weighted by Crippen LogP contribution is -2.43. The Morgan fingerprint density at radius 2 is 1.85 bits per heavy atom. The van der Waals surface area contributed by atoms with Crippen LogP contribution in [0.15, 0.2) is 18.2 Å². The number of fused-ring (bicyclic) bond motifs is 1. The average molecular weight is 497 g/mol. The van der Waals surface area contributed by atoms with Crippen molar-refractivity contribution >= 4 is 16.0 Å². The van der Waals surface area contributed by atoms with Crippen molar-refractivity contribution in [1.29, 1.82) is 0 Å². The Bertz CT molecular complexity index is 922. The molecule has 0 unspecified atom stereocenters. The minimum absolute atomic E-state index is 0.135. The lowest BCUT2D eigenvalue weighted by atomic mass is 9.84. The maximum Gasteiger partial charge on any atom is 0.308 e. The molecule has 0 spiro atoms. The number of likely N-dealkylation sites (tertiary alicyclic amines) is 1. The first-order valence-corrected chi connectivity index (χ1v) is 14.3. The summed E-state index contributed by atoms with van der Waals surface area (Å²) >= 11 is 0. The molecular formula is C25H40N2O6S. The number of hydrogen-bond acceptors (Lipinski definition) is 6. The second-order valence-corrected chi connectivity index (χ2v) is 11.4. The summed E-state index contributed by atoms with van der Waals surface area (Å²) in [4.78, 5) is 14.6. The van der Waals surface area contributed by atoms with E-state index in [-0.39, 0.29) is 24.5 Å². The summed E-state index contributed by atoms with van der Waals surface area (Å²) in [6.45, 7) is 8.29. The average Bonchev–Trinajstić information content (AvgIpc) is 3.41. The van der Waals surface area contributed by atoms with Gasteiger partial charge in [0.15, 0.2) is 11.5 Å². The Balaban J connectivity index is 1.78. The van der Waals surface area contributed by atoms with Gasteiger partial charge < -0.3 is 14.6 Å². The van der Waals surface area contributed by atoms with Crippen LogP contribution in [-0.4, -0.2) is 73.5 Å². The van der Waals surface area contributed by atoms with Crippen LogP contribution in [0.3, 0.4) is 0 Å². The van der Waals surface area contributed by atoms with Gasteiger partial charge in [-0.3, -0.25) is 9.69 Å². The van der Waals surface area contributed by atoms with E-state index in [1.54, 1.807) is 4.31 Å².